The largest absolute Gasteiger partial charge is 1.00 e. The number of unbranched alkanes of at least 4 members (excludes halogenated alkanes) is 8. The fourth-order valence-corrected chi connectivity index (χ4v) is 2.57. The molecule has 0 aliphatic rings. The Hall–Kier alpha value is -0.0900. The predicted octanol–water partition coefficient (Wildman–Crippen LogP) is 1.46. The summed E-state index contributed by atoms with van der Waals surface area (Å²) in [5.41, 5.74) is 0. The Morgan fingerprint density at radius 1 is 0.810 bits per heavy atom. The molecule has 1 N–H and O–H groups in total. The predicted molar refractivity (Wildman–Crippen MR) is 85.9 cm³/mol. The van der Waals surface area contributed by atoms with Gasteiger partial charge in [0.1, 0.15) is 0 Å². The Kier molecular flexibility index (Phi) is 16.4. The Morgan fingerprint density at radius 3 is 1.71 bits per heavy atom. The number of hydrogen-bond acceptors (Lipinski definition) is 1. The van der Waals surface area contributed by atoms with Crippen LogP contribution >= 0.6 is 0 Å². The minimum absolute atomic E-state index is 0. The lowest BCUT2D eigenvalue weighted by Crippen LogP contribution is -3.00. The Balaban J connectivity index is 0. The molecule has 0 aromatic carbocycles. The van der Waals surface area contributed by atoms with Gasteiger partial charge in [0.25, 0.3) is 0 Å². The van der Waals surface area contributed by atoms with Crippen LogP contribution in [-0.4, -0.2) is 42.7 Å². The quantitative estimate of drug-likeness (QED) is 0.373. The lowest BCUT2D eigenvalue weighted by molar-refractivity contribution is -0.890. The Labute approximate surface area is 142 Å². The van der Waals surface area contributed by atoms with Crippen LogP contribution in [-0.2, 0) is 4.79 Å². The molecule has 0 aliphatic heterocycles. The van der Waals surface area contributed by atoms with Crippen LogP contribution < -0.4 is 17.0 Å². The summed E-state index contributed by atoms with van der Waals surface area (Å²) in [4.78, 5) is 10.4. The zero-order chi connectivity index (χ0) is 15.3. The molecular formula is C17H36BrNO2. The highest BCUT2D eigenvalue weighted by atomic mass is 79.9. The van der Waals surface area contributed by atoms with Gasteiger partial charge in [-0.3, -0.25) is 4.79 Å². The lowest BCUT2D eigenvalue weighted by atomic mass is 10.1. The standard InChI is InChI=1S/C17H35NO2.BrH/c1-4-5-15-18(2,3)16-13-11-9-7-6-8-10-12-14-17(19)20;/h4-16H2,1-3H3;1H. The molecule has 0 saturated heterocycles. The monoisotopic (exact) mass is 365 g/mol. The highest BCUT2D eigenvalue weighted by Crippen LogP contribution is 2.11. The number of carboxylic acid groups (broad SMARTS) is 1. The minimum Gasteiger partial charge on any atom is -1.00 e. The summed E-state index contributed by atoms with van der Waals surface area (Å²) in [6.07, 6.45) is 12.7. The van der Waals surface area contributed by atoms with Gasteiger partial charge in [-0.1, -0.05) is 45.4 Å². The SMILES string of the molecule is CCCC[N+](C)(C)CCCCCCCCCCC(=O)O.[Br-]. The van der Waals surface area contributed by atoms with Crippen LogP contribution in [0.2, 0.25) is 0 Å². The number of carboxylic acids is 1. The molecule has 0 rings (SSSR count). The fraction of sp³-hybridized carbons (Fsp3) is 0.941. The first kappa shape index (κ1) is 23.2. The van der Waals surface area contributed by atoms with Crippen molar-refractivity contribution < 1.29 is 31.4 Å². The van der Waals surface area contributed by atoms with E-state index in [4.69, 9.17) is 5.11 Å². The molecule has 0 amide bonds. The van der Waals surface area contributed by atoms with E-state index in [1.165, 1.54) is 68.9 Å². The third-order valence-electron chi connectivity index (χ3n) is 4.02. The second-order valence-electron chi connectivity index (χ2n) is 6.71. The van der Waals surface area contributed by atoms with E-state index in [-0.39, 0.29) is 17.0 Å². The van der Waals surface area contributed by atoms with Crippen LogP contribution in [0.5, 0.6) is 0 Å². The number of carbonyl (C=O) groups is 1. The average Bonchev–Trinajstić information content (AvgIpc) is 2.38. The third kappa shape index (κ3) is 17.9. The van der Waals surface area contributed by atoms with Crippen LogP contribution in [0.25, 0.3) is 0 Å². The fourth-order valence-electron chi connectivity index (χ4n) is 2.57. The van der Waals surface area contributed by atoms with E-state index in [2.05, 4.69) is 21.0 Å². The highest BCUT2D eigenvalue weighted by Gasteiger charge is 2.12. The molecule has 0 spiro atoms. The molecule has 0 heterocycles. The summed E-state index contributed by atoms with van der Waals surface area (Å²) in [6.45, 7) is 4.87. The van der Waals surface area contributed by atoms with Gasteiger partial charge < -0.3 is 26.6 Å². The van der Waals surface area contributed by atoms with E-state index in [0.29, 0.717) is 6.42 Å². The molecule has 128 valence electrons. The van der Waals surface area contributed by atoms with Gasteiger partial charge in [-0.25, -0.2) is 0 Å². The summed E-state index contributed by atoms with van der Waals surface area (Å²) in [5.74, 6) is -0.659. The second kappa shape index (κ2) is 14.8. The summed E-state index contributed by atoms with van der Waals surface area (Å²) in [7, 11) is 4.69. The molecule has 0 aliphatic carbocycles. The maximum Gasteiger partial charge on any atom is 0.303 e. The number of aliphatic carboxylic acids is 1. The molecule has 3 nitrogen and oxygen atoms in total. The smallest absolute Gasteiger partial charge is 0.303 e. The van der Waals surface area contributed by atoms with Crippen molar-refractivity contribution in [3.63, 3.8) is 0 Å². The maximum atomic E-state index is 10.4. The van der Waals surface area contributed by atoms with Crippen molar-refractivity contribution in [2.24, 2.45) is 0 Å². The van der Waals surface area contributed by atoms with Gasteiger partial charge >= 0.3 is 5.97 Å². The number of rotatable bonds is 14. The van der Waals surface area contributed by atoms with Gasteiger partial charge in [0.05, 0.1) is 27.2 Å². The minimum atomic E-state index is -0.659. The van der Waals surface area contributed by atoms with Crippen LogP contribution in [0.1, 0.15) is 77.6 Å². The van der Waals surface area contributed by atoms with E-state index < -0.39 is 5.97 Å². The zero-order valence-electron chi connectivity index (χ0n) is 14.4. The Morgan fingerprint density at radius 2 is 1.24 bits per heavy atom. The molecule has 0 saturated carbocycles. The molecule has 0 bridgehead atoms. The molecule has 0 fully saturated rings. The maximum absolute atomic E-state index is 10.4. The van der Waals surface area contributed by atoms with Crippen molar-refractivity contribution in [2.75, 3.05) is 27.2 Å². The first-order valence-corrected chi connectivity index (χ1v) is 8.52. The summed E-state index contributed by atoms with van der Waals surface area (Å²) >= 11 is 0. The molecule has 0 aromatic heterocycles. The van der Waals surface area contributed by atoms with Gasteiger partial charge in [-0.15, -0.1) is 0 Å². The molecule has 21 heavy (non-hydrogen) atoms. The number of nitrogens with zero attached hydrogens (tertiary/aromatic N) is 1. The van der Waals surface area contributed by atoms with Crippen molar-refractivity contribution >= 4 is 5.97 Å². The van der Waals surface area contributed by atoms with E-state index in [9.17, 15) is 4.79 Å². The third-order valence-corrected chi connectivity index (χ3v) is 4.02. The number of halogens is 1. The van der Waals surface area contributed by atoms with Crippen LogP contribution in [0, 0.1) is 0 Å². The van der Waals surface area contributed by atoms with Gasteiger partial charge in [-0.2, -0.15) is 0 Å². The van der Waals surface area contributed by atoms with E-state index in [1.807, 2.05) is 0 Å². The first-order chi connectivity index (χ1) is 9.48. The average molecular weight is 366 g/mol. The van der Waals surface area contributed by atoms with Gasteiger partial charge in [0, 0.05) is 6.42 Å². The van der Waals surface area contributed by atoms with Crippen molar-refractivity contribution in [1.29, 1.82) is 0 Å². The topological polar surface area (TPSA) is 37.3 Å². The molecule has 0 aromatic rings. The zero-order valence-corrected chi connectivity index (χ0v) is 16.0. The summed E-state index contributed by atoms with van der Waals surface area (Å²) in [6, 6.07) is 0. The van der Waals surface area contributed by atoms with Crippen molar-refractivity contribution in [3.05, 3.63) is 0 Å². The van der Waals surface area contributed by atoms with Crippen molar-refractivity contribution in [1.82, 2.24) is 0 Å². The van der Waals surface area contributed by atoms with Crippen LogP contribution in [0.15, 0.2) is 0 Å². The van der Waals surface area contributed by atoms with Crippen LogP contribution in [0.4, 0.5) is 0 Å². The van der Waals surface area contributed by atoms with Crippen LogP contribution in [0.3, 0.4) is 0 Å². The second-order valence-corrected chi connectivity index (χ2v) is 6.71. The van der Waals surface area contributed by atoms with E-state index in [0.717, 1.165) is 12.8 Å². The molecule has 0 atom stereocenters. The molecule has 0 radical (unpaired) electrons. The van der Waals surface area contributed by atoms with E-state index >= 15 is 0 Å². The highest BCUT2D eigenvalue weighted by molar-refractivity contribution is 5.66. The van der Waals surface area contributed by atoms with Gasteiger partial charge in [0.15, 0.2) is 0 Å². The number of hydrogen-bond donors (Lipinski definition) is 1. The molecule has 4 heteroatoms. The normalized spacial score (nSPS) is 11.2. The number of quaternary nitrogens is 1. The molecular weight excluding hydrogens is 330 g/mol. The van der Waals surface area contributed by atoms with Gasteiger partial charge in [0.2, 0.25) is 0 Å². The first-order valence-electron chi connectivity index (χ1n) is 8.52. The summed E-state index contributed by atoms with van der Waals surface area (Å²) in [5, 5.41) is 8.53. The Bertz CT molecular complexity index is 245. The van der Waals surface area contributed by atoms with Gasteiger partial charge in [-0.05, 0) is 25.7 Å². The van der Waals surface area contributed by atoms with Crippen molar-refractivity contribution in [2.45, 2.75) is 77.6 Å². The molecule has 0 unspecified atom stereocenters. The summed E-state index contributed by atoms with van der Waals surface area (Å²) < 4.78 is 1.17. The van der Waals surface area contributed by atoms with E-state index in [1.54, 1.807) is 0 Å². The van der Waals surface area contributed by atoms with Crippen molar-refractivity contribution in [3.8, 4) is 0 Å². The lowest BCUT2D eigenvalue weighted by Gasteiger charge is -2.29.